The highest BCUT2D eigenvalue weighted by molar-refractivity contribution is 6.25. The molecular weight excluding hydrogens is 584 g/mol. The standard InChI is InChI=1S/C37H28N2O7/c1-18-16-27(41)31-24(34(18)42)17-23-21(32(31)33-26(40)7-5-9-29(33)45-2)14-15-22-30(23)37(44)39(36(22)43)20-12-10-19(11-13-20)35-38-25-6-3-4-8-28(25)46-35/h3-14,16,22-23,30,32,40H,15,17H2,1-2H3. The highest BCUT2D eigenvalue weighted by atomic mass is 16.5. The van der Waals surface area contributed by atoms with Crippen LogP contribution in [-0.4, -0.2) is 40.6 Å². The van der Waals surface area contributed by atoms with E-state index in [9.17, 15) is 24.3 Å². The zero-order chi connectivity index (χ0) is 31.9. The van der Waals surface area contributed by atoms with E-state index in [4.69, 9.17) is 9.15 Å². The number of phenolic OH excluding ortho intramolecular Hbond substituents is 1. The molecule has 4 aromatic rings. The number of ether oxygens (including phenoxy) is 1. The molecular formula is C37H28N2O7. The number of fused-ring (bicyclic) bond motifs is 4. The number of methoxy groups -OCH3 is 1. The van der Waals surface area contributed by atoms with Crippen LogP contribution in [-0.2, 0) is 19.2 Å². The van der Waals surface area contributed by atoms with E-state index in [1.807, 2.05) is 30.3 Å². The fraction of sp³-hybridized carbons (Fsp3) is 0.216. The van der Waals surface area contributed by atoms with Crippen LogP contribution in [0.2, 0.25) is 0 Å². The largest absolute Gasteiger partial charge is 0.507 e. The van der Waals surface area contributed by atoms with Crippen molar-refractivity contribution in [3.8, 4) is 23.0 Å². The minimum Gasteiger partial charge on any atom is -0.507 e. The average molecular weight is 613 g/mol. The maximum absolute atomic E-state index is 14.3. The quantitative estimate of drug-likeness (QED) is 0.173. The number of allylic oxidation sites excluding steroid dienone is 6. The lowest BCUT2D eigenvalue weighted by molar-refractivity contribution is -0.123. The number of amides is 2. The number of nitrogens with zero attached hydrogens (tertiary/aromatic N) is 2. The number of phenols is 1. The molecule has 46 heavy (non-hydrogen) atoms. The molecule has 1 fully saturated rings. The number of hydrogen-bond acceptors (Lipinski definition) is 8. The van der Waals surface area contributed by atoms with Crippen LogP contribution in [0.1, 0.15) is 31.2 Å². The van der Waals surface area contributed by atoms with Gasteiger partial charge in [-0.1, -0.05) is 29.8 Å². The van der Waals surface area contributed by atoms with Gasteiger partial charge in [0.25, 0.3) is 0 Å². The number of ketones is 2. The van der Waals surface area contributed by atoms with Crippen molar-refractivity contribution in [2.45, 2.75) is 25.7 Å². The summed E-state index contributed by atoms with van der Waals surface area (Å²) < 4.78 is 11.5. The number of benzene rings is 3. The summed E-state index contributed by atoms with van der Waals surface area (Å²) >= 11 is 0. The molecule has 0 bridgehead atoms. The number of para-hydroxylation sites is 2. The first-order chi connectivity index (χ1) is 22.3. The Labute approximate surface area is 263 Å². The number of rotatable bonds is 4. The molecule has 3 aromatic carbocycles. The number of imide groups is 1. The molecule has 228 valence electrons. The van der Waals surface area contributed by atoms with E-state index in [2.05, 4.69) is 4.98 Å². The molecule has 0 saturated carbocycles. The first-order valence-corrected chi connectivity index (χ1v) is 15.2. The van der Waals surface area contributed by atoms with Crippen molar-refractivity contribution in [3.63, 3.8) is 0 Å². The van der Waals surface area contributed by atoms with E-state index in [1.54, 1.807) is 43.3 Å². The number of oxazole rings is 1. The number of aromatic nitrogens is 1. The minimum atomic E-state index is -0.806. The van der Waals surface area contributed by atoms with Crippen LogP contribution in [0.4, 0.5) is 5.69 Å². The Hall–Kier alpha value is -5.57. The average Bonchev–Trinajstić information content (AvgIpc) is 3.61. The van der Waals surface area contributed by atoms with E-state index < -0.39 is 23.7 Å². The Morgan fingerprint density at radius 1 is 0.935 bits per heavy atom. The molecule has 4 atom stereocenters. The van der Waals surface area contributed by atoms with Gasteiger partial charge in [0.1, 0.15) is 17.0 Å². The summed E-state index contributed by atoms with van der Waals surface area (Å²) in [5.41, 5.74) is 4.57. The van der Waals surface area contributed by atoms with E-state index in [0.717, 1.165) is 11.1 Å². The fourth-order valence-electron chi connectivity index (χ4n) is 7.72. The number of anilines is 1. The summed E-state index contributed by atoms with van der Waals surface area (Å²) in [7, 11) is 1.48. The molecule has 2 heterocycles. The highest BCUT2D eigenvalue weighted by Gasteiger charge is 2.57. The van der Waals surface area contributed by atoms with Gasteiger partial charge in [-0.25, -0.2) is 4.98 Å². The molecule has 3 aliphatic carbocycles. The summed E-state index contributed by atoms with van der Waals surface area (Å²) in [6.07, 6.45) is 3.68. The molecule has 1 saturated heterocycles. The Bertz CT molecular complexity index is 2080. The Kier molecular flexibility index (Phi) is 6.22. The minimum absolute atomic E-state index is 0.0825. The zero-order valence-corrected chi connectivity index (χ0v) is 25.0. The van der Waals surface area contributed by atoms with Gasteiger partial charge in [0.2, 0.25) is 17.7 Å². The van der Waals surface area contributed by atoms with Crippen LogP contribution in [0.15, 0.2) is 106 Å². The summed E-state index contributed by atoms with van der Waals surface area (Å²) in [5.74, 6) is -3.23. The number of hydrogen-bond donors (Lipinski definition) is 1. The SMILES string of the molecule is COc1cccc(O)c1C1C2=CCC3C(=O)N(c4ccc(-c5nc6ccccc6o5)cc4)C(=O)C3C2CC2=C1C(=O)C=C(C)C2=O. The molecule has 1 aliphatic heterocycles. The van der Waals surface area contributed by atoms with Gasteiger partial charge >= 0.3 is 0 Å². The smallest absolute Gasteiger partial charge is 0.238 e. The number of carbonyl (C=O) groups excluding carboxylic acids is 4. The molecule has 1 N–H and O–H groups in total. The predicted octanol–water partition coefficient (Wildman–Crippen LogP) is 5.84. The maximum Gasteiger partial charge on any atom is 0.238 e. The van der Waals surface area contributed by atoms with Crippen molar-refractivity contribution in [3.05, 3.63) is 107 Å². The van der Waals surface area contributed by atoms with Crippen molar-refractivity contribution in [1.29, 1.82) is 0 Å². The van der Waals surface area contributed by atoms with Gasteiger partial charge < -0.3 is 14.3 Å². The van der Waals surface area contributed by atoms with Crippen LogP contribution in [0.25, 0.3) is 22.6 Å². The summed E-state index contributed by atoms with van der Waals surface area (Å²) in [6.45, 7) is 1.60. The monoisotopic (exact) mass is 612 g/mol. The second-order valence-corrected chi connectivity index (χ2v) is 12.2. The van der Waals surface area contributed by atoms with Crippen molar-refractivity contribution in [1.82, 2.24) is 4.98 Å². The molecule has 4 unspecified atom stereocenters. The van der Waals surface area contributed by atoms with E-state index >= 15 is 0 Å². The summed E-state index contributed by atoms with van der Waals surface area (Å²) in [4.78, 5) is 61.0. The van der Waals surface area contributed by atoms with Crippen molar-refractivity contribution < 1.29 is 33.4 Å². The summed E-state index contributed by atoms with van der Waals surface area (Å²) in [6, 6.07) is 19.3. The molecule has 9 heteroatoms. The first kappa shape index (κ1) is 27.9. The molecule has 0 spiro atoms. The molecule has 9 nitrogen and oxygen atoms in total. The lowest BCUT2D eigenvalue weighted by Gasteiger charge is -2.42. The molecule has 1 aromatic heterocycles. The zero-order valence-electron chi connectivity index (χ0n) is 25.0. The van der Waals surface area contributed by atoms with Gasteiger partial charge in [0, 0.05) is 33.8 Å². The van der Waals surface area contributed by atoms with Gasteiger partial charge in [0.15, 0.2) is 17.1 Å². The third kappa shape index (κ3) is 3.97. The lowest BCUT2D eigenvalue weighted by atomic mass is 9.59. The van der Waals surface area contributed by atoms with Gasteiger partial charge in [-0.3, -0.25) is 24.1 Å². The second-order valence-electron chi connectivity index (χ2n) is 12.2. The van der Waals surface area contributed by atoms with E-state index in [1.165, 1.54) is 24.2 Å². The molecule has 4 aliphatic rings. The van der Waals surface area contributed by atoms with Gasteiger partial charge in [0.05, 0.1) is 24.6 Å². The van der Waals surface area contributed by atoms with Crippen molar-refractivity contribution in [2.75, 3.05) is 12.0 Å². The lowest BCUT2D eigenvalue weighted by Crippen LogP contribution is -2.40. The van der Waals surface area contributed by atoms with Gasteiger partial charge in [-0.2, -0.15) is 0 Å². The van der Waals surface area contributed by atoms with Crippen LogP contribution < -0.4 is 9.64 Å². The Morgan fingerprint density at radius 2 is 1.72 bits per heavy atom. The van der Waals surface area contributed by atoms with Crippen LogP contribution >= 0.6 is 0 Å². The molecule has 8 rings (SSSR count). The van der Waals surface area contributed by atoms with Crippen LogP contribution in [0, 0.1) is 17.8 Å². The van der Waals surface area contributed by atoms with Crippen LogP contribution in [0.3, 0.4) is 0 Å². The van der Waals surface area contributed by atoms with E-state index in [0.29, 0.717) is 50.8 Å². The second kappa shape index (κ2) is 10.2. The normalized spacial score (nSPS) is 24.1. The highest BCUT2D eigenvalue weighted by Crippen LogP contribution is 2.57. The number of aromatic hydroxyl groups is 1. The topological polar surface area (TPSA) is 127 Å². The fourth-order valence-corrected chi connectivity index (χ4v) is 7.72. The van der Waals surface area contributed by atoms with Crippen molar-refractivity contribution in [2.24, 2.45) is 17.8 Å². The third-order valence-corrected chi connectivity index (χ3v) is 9.78. The Morgan fingerprint density at radius 3 is 2.48 bits per heavy atom. The van der Waals surface area contributed by atoms with Crippen molar-refractivity contribution >= 4 is 40.2 Å². The van der Waals surface area contributed by atoms with Gasteiger partial charge in [-0.15, -0.1) is 0 Å². The number of Topliss-reactive ketones (excluding diaryl/α,β-unsaturated/α-hetero) is 1. The molecule has 0 radical (unpaired) electrons. The van der Waals surface area contributed by atoms with Crippen LogP contribution in [0.5, 0.6) is 11.5 Å². The molecule has 2 amide bonds. The summed E-state index contributed by atoms with van der Waals surface area (Å²) in [5, 5.41) is 11.1. The van der Waals surface area contributed by atoms with Gasteiger partial charge in [-0.05, 0) is 80.3 Å². The maximum atomic E-state index is 14.3. The number of carbonyl (C=O) groups is 4. The van der Waals surface area contributed by atoms with E-state index in [-0.39, 0.29) is 42.0 Å². The Balaban J connectivity index is 1.18. The first-order valence-electron chi connectivity index (χ1n) is 15.2. The predicted molar refractivity (Wildman–Crippen MR) is 168 cm³/mol. The third-order valence-electron chi connectivity index (χ3n) is 9.78.